The Morgan fingerprint density at radius 1 is 1.50 bits per heavy atom. The summed E-state index contributed by atoms with van der Waals surface area (Å²) < 4.78 is 0. The molecule has 0 aliphatic heterocycles. The molecule has 0 aliphatic rings. The number of Topliss-reactive ketones (excluding diaryl/α,β-unsaturated/α-hetero) is 1. The van der Waals surface area contributed by atoms with Gasteiger partial charge in [-0.1, -0.05) is 27.6 Å². The van der Waals surface area contributed by atoms with E-state index in [9.17, 15) is 4.79 Å². The molecule has 0 saturated carbocycles. The van der Waals surface area contributed by atoms with Gasteiger partial charge in [0.25, 0.3) is 0 Å². The Morgan fingerprint density at radius 2 is 2.00 bits per heavy atom. The molecule has 58 valence electrons. The molecule has 0 N–H and O–H groups in total. The molecule has 0 rings (SSSR count). The van der Waals surface area contributed by atoms with Crippen LogP contribution in [0.3, 0.4) is 0 Å². The molecular formula is C8H13BrO. The number of carbonyl (C=O) groups is 1. The fourth-order valence-electron chi connectivity index (χ4n) is 0.505. The lowest BCUT2D eigenvalue weighted by molar-refractivity contribution is -0.116. The molecule has 0 heterocycles. The second-order valence-corrected chi connectivity index (χ2v) is 3.70. The SMILES string of the molecule is CC(=O)C(Br)CC=C(C)C. The Morgan fingerprint density at radius 3 is 2.30 bits per heavy atom. The van der Waals surface area contributed by atoms with Gasteiger partial charge in [-0.3, -0.25) is 4.79 Å². The maximum atomic E-state index is 10.7. The summed E-state index contributed by atoms with van der Waals surface area (Å²) in [5.74, 6) is 0.192. The number of hydrogen-bond donors (Lipinski definition) is 0. The molecule has 0 aromatic heterocycles. The normalized spacial score (nSPS) is 12.4. The predicted molar refractivity (Wildman–Crippen MR) is 47.4 cm³/mol. The zero-order chi connectivity index (χ0) is 8.15. The van der Waals surface area contributed by atoms with Crippen LogP contribution in [-0.2, 0) is 4.79 Å². The summed E-state index contributed by atoms with van der Waals surface area (Å²) in [5, 5.41) is 0. The van der Waals surface area contributed by atoms with Crippen molar-refractivity contribution >= 4 is 21.7 Å². The van der Waals surface area contributed by atoms with Gasteiger partial charge < -0.3 is 0 Å². The number of allylic oxidation sites excluding steroid dienone is 2. The molecule has 2 heteroatoms. The number of ketones is 1. The van der Waals surface area contributed by atoms with Crippen LogP contribution in [0.4, 0.5) is 0 Å². The molecule has 0 aliphatic carbocycles. The van der Waals surface area contributed by atoms with Gasteiger partial charge in [-0.25, -0.2) is 0 Å². The number of rotatable bonds is 3. The molecule has 0 amide bonds. The minimum absolute atomic E-state index is 0.00222. The Kier molecular flexibility index (Phi) is 4.62. The number of halogens is 1. The van der Waals surface area contributed by atoms with Crippen LogP contribution in [0, 0.1) is 0 Å². The molecule has 0 aromatic carbocycles. The van der Waals surface area contributed by atoms with Crippen LogP contribution < -0.4 is 0 Å². The summed E-state index contributed by atoms with van der Waals surface area (Å²) in [4.78, 5) is 10.7. The van der Waals surface area contributed by atoms with E-state index < -0.39 is 0 Å². The molecule has 1 unspecified atom stereocenters. The van der Waals surface area contributed by atoms with E-state index in [4.69, 9.17) is 0 Å². The minimum atomic E-state index is 0.00222. The standard InChI is InChI=1S/C8H13BrO/c1-6(2)4-5-8(9)7(3)10/h4,8H,5H2,1-3H3. The lowest BCUT2D eigenvalue weighted by atomic mass is 10.2. The van der Waals surface area contributed by atoms with Crippen LogP contribution >= 0.6 is 15.9 Å². The van der Waals surface area contributed by atoms with Gasteiger partial charge in [0.2, 0.25) is 0 Å². The van der Waals surface area contributed by atoms with E-state index in [0.29, 0.717) is 0 Å². The lowest BCUT2D eigenvalue weighted by Crippen LogP contribution is -2.07. The molecule has 1 nitrogen and oxygen atoms in total. The Bertz CT molecular complexity index is 145. The highest BCUT2D eigenvalue weighted by atomic mass is 79.9. The maximum Gasteiger partial charge on any atom is 0.143 e. The van der Waals surface area contributed by atoms with E-state index in [1.807, 2.05) is 13.8 Å². The first-order valence-corrected chi connectivity index (χ1v) is 4.23. The lowest BCUT2D eigenvalue weighted by Gasteiger charge is -2.00. The van der Waals surface area contributed by atoms with E-state index in [-0.39, 0.29) is 10.6 Å². The summed E-state index contributed by atoms with van der Waals surface area (Å²) in [5.41, 5.74) is 1.26. The monoisotopic (exact) mass is 204 g/mol. The van der Waals surface area contributed by atoms with Gasteiger partial charge in [0.05, 0.1) is 4.83 Å². The average Bonchev–Trinajstić information content (AvgIpc) is 1.82. The van der Waals surface area contributed by atoms with Crippen LogP contribution in [-0.4, -0.2) is 10.6 Å². The zero-order valence-electron chi connectivity index (χ0n) is 6.65. The van der Waals surface area contributed by atoms with Gasteiger partial charge in [0.1, 0.15) is 5.78 Å². The molecule has 0 spiro atoms. The van der Waals surface area contributed by atoms with Crippen molar-refractivity contribution < 1.29 is 4.79 Å². The van der Waals surface area contributed by atoms with E-state index in [2.05, 4.69) is 22.0 Å². The van der Waals surface area contributed by atoms with Crippen molar-refractivity contribution in [3.8, 4) is 0 Å². The van der Waals surface area contributed by atoms with E-state index in [1.165, 1.54) is 5.57 Å². The van der Waals surface area contributed by atoms with E-state index in [1.54, 1.807) is 6.92 Å². The van der Waals surface area contributed by atoms with E-state index >= 15 is 0 Å². The second-order valence-electron chi connectivity index (χ2n) is 2.60. The molecule has 0 radical (unpaired) electrons. The van der Waals surface area contributed by atoms with Gasteiger partial charge >= 0.3 is 0 Å². The summed E-state index contributed by atoms with van der Waals surface area (Å²) in [6.45, 7) is 5.65. The molecule has 0 aromatic rings. The Hall–Kier alpha value is -0.110. The first-order chi connectivity index (χ1) is 4.54. The first-order valence-electron chi connectivity index (χ1n) is 3.32. The number of hydrogen-bond acceptors (Lipinski definition) is 1. The van der Waals surface area contributed by atoms with Crippen molar-refractivity contribution in [1.82, 2.24) is 0 Å². The quantitative estimate of drug-likeness (QED) is 0.511. The second kappa shape index (κ2) is 4.67. The number of carbonyl (C=O) groups excluding carboxylic acids is 1. The molecule has 0 saturated heterocycles. The molecule has 10 heavy (non-hydrogen) atoms. The van der Waals surface area contributed by atoms with Crippen LogP contribution in [0.1, 0.15) is 27.2 Å². The van der Waals surface area contributed by atoms with Crippen molar-refractivity contribution in [3.63, 3.8) is 0 Å². The van der Waals surface area contributed by atoms with Gasteiger partial charge in [-0.2, -0.15) is 0 Å². The van der Waals surface area contributed by atoms with Crippen LogP contribution in [0.2, 0.25) is 0 Å². The fourth-order valence-corrected chi connectivity index (χ4v) is 0.692. The third-order valence-electron chi connectivity index (χ3n) is 1.17. The Balaban J connectivity index is 3.70. The third-order valence-corrected chi connectivity index (χ3v) is 2.19. The summed E-state index contributed by atoms with van der Waals surface area (Å²) in [6, 6.07) is 0. The summed E-state index contributed by atoms with van der Waals surface area (Å²) >= 11 is 3.28. The van der Waals surface area contributed by atoms with Crippen LogP contribution in [0.15, 0.2) is 11.6 Å². The summed E-state index contributed by atoms with van der Waals surface area (Å²) in [7, 11) is 0. The maximum absolute atomic E-state index is 10.7. The fraction of sp³-hybridized carbons (Fsp3) is 0.625. The van der Waals surface area contributed by atoms with Crippen molar-refractivity contribution in [2.75, 3.05) is 0 Å². The highest BCUT2D eigenvalue weighted by Crippen LogP contribution is 2.08. The van der Waals surface area contributed by atoms with Crippen molar-refractivity contribution in [1.29, 1.82) is 0 Å². The van der Waals surface area contributed by atoms with Gasteiger partial charge in [-0.15, -0.1) is 0 Å². The van der Waals surface area contributed by atoms with Crippen molar-refractivity contribution in [3.05, 3.63) is 11.6 Å². The van der Waals surface area contributed by atoms with Crippen molar-refractivity contribution in [2.24, 2.45) is 0 Å². The van der Waals surface area contributed by atoms with Crippen LogP contribution in [0.5, 0.6) is 0 Å². The first kappa shape index (κ1) is 9.89. The molecule has 0 bridgehead atoms. The third kappa shape index (κ3) is 4.74. The topological polar surface area (TPSA) is 17.1 Å². The highest BCUT2D eigenvalue weighted by molar-refractivity contribution is 9.10. The number of alkyl halides is 1. The summed E-state index contributed by atoms with van der Waals surface area (Å²) in [6.07, 6.45) is 2.86. The largest absolute Gasteiger partial charge is 0.299 e. The Labute approximate surface area is 70.6 Å². The minimum Gasteiger partial charge on any atom is -0.299 e. The van der Waals surface area contributed by atoms with Gasteiger partial charge in [0.15, 0.2) is 0 Å². The molecule has 0 fully saturated rings. The molecular weight excluding hydrogens is 192 g/mol. The average molecular weight is 205 g/mol. The predicted octanol–water partition coefficient (Wildman–Crippen LogP) is 2.70. The highest BCUT2D eigenvalue weighted by Gasteiger charge is 2.05. The molecule has 1 atom stereocenters. The van der Waals surface area contributed by atoms with Crippen LogP contribution in [0.25, 0.3) is 0 Å². The smallest absolute Gasteiger partial charge is 0.143 e. The zero-order valence-corrected chi connectivity index (χ0v) is 8.23. The van der Waals surface area contributed by atoms with Crippen molar-refractivity contribution in [2.45, 2.75) is 32.0 Å². The van der Waals surface area contributed by atoms with E-state index in [0.717, 1.165) is 6.42 Å². The van der Waals surface area contributed by atoms with Gasteiger partial charge in [-0.05, 0) is 27.2 Å². The van der Waals surface area contributed by atoms with Gasteiger partial charge in [0, 0.05) is 0 Å².